The van der Waals surface area contributed by atoms with Crippen molar-refractivity contribution in [1.29, 1.82) is 0 Å². The summed E-state index contributed by atoms with van der Waals surface area (Å²) in [6.45, 7) is 3.49. The van der Waals surface area contributed by atoms with Crippen molar-refractivity contribution < 1.29 is 9.53 Å². The Labute approximate surface area is 91.4 Å². The molecule has 0 atom stereocenters. The Hall–Kier alpha value is -0.580. The van der Waals surface area contributed by atoms with Crippen molar-refractivity contribution in [3.8, 4) is 5.75 Å². The van der Waals surface area contributed by atoms with Crippen LogP contribution >= 0.6 is 22.6 Å². The van der Waals surface area contributed by atoms with Gasteiger partial charge in [-0.2, -0.15) is 0 Å². The number of aryl methyl sites for hydroxylation is 1. The predicted molar refractivity (Wildman–Crippen MR) is 60.5 cm³/mol. The zero-order valence-corrected chi connectivity index (χ0v) is 10.0. The Morgan fingerprint density at radius 1 is 1.46 bits per heavy atom. The van der Waals surface area contributed by atoms with Gasteiger partial charge in [0.1, 0.15) is 5.75 Å². The van der Waals surface area contributed by atoms with Crippen LogP contribution in [0.2, 0.25) is 0 Å². The zero-order chi connectivity index (χ0) is 10.0. The van der Waals surface area contributed by atoms with Gasteiger partial charge in [-0.1, -0.05) is 6.07 Å². The normalized spacial score (nSPS) is 9.85. The van der Waals surface area contributed by atoms with Gasteiger partial charge in [0.2, 0.25) is 0 Å². The van der Waals surface area contributed by atoms with Crippen LogP contribution in [0.1, 0.15) is 22.8 Å². The molecular formula is C10H11IO2. The maximum atomic E-state index is 11.3. The van der Waals surface area contributed by atoms with E-state index in [1.165, 1.54) is 0 Å². The second-order valence-corrected chi connectivity index (χ2v) is 3.99. The fraction of sp³-hybridized carbons (Fsp3) is 0.300. The smallest absolute Gasteiger partial charge is 0.164 e. The molecule has 1 aromatic rings. The Morgan fingerprint density at radius 3 is 2.46 bits per heavy atom. The predicted octanol–water partition coefficient (Wildman–Crippen LogP) is 2.81. The largest absolute Gasteiger partial charge is 0.496 e. The topological polar surface area (TPSA) is 26.3 Å². The fourth-order valence-corrected chi connectivity index (χ4v) is 2.06. The second kappa shape index (κ2) is 4.09. The summed E-state index contributed by atoms with van der Waals surface area (Å²) in [7, 11) is 1.59. The maximum Gasteiger partial charge on any atom is 0.164 e. The van der Waals surface area contributed by atoms with Crippen LogP contribution in [0.3, 0.4) is 0 Å². The molecule has 0 aliphatic heterocycles. The molecular weight excluding hydrogens is 279 g/mol. The summed E-state index contributed by atoms with van der Waals surface area (Å²) in [5.74, 6) is 0.740. The summed E-state index contributed by atoms with van der Waals surface area (Å²) < 4.78 is 6.13. The highest BCUT2D eigenvalue weighted by Crippen LogP contribution is 2.27. The average Bonchev–Trinajstić information content (AvgIpc) is 2.07. The summed E-state index contributed by atoms with van der Waals surface area (Å²) in [6, 6.07) is 3.88. The average molecular weight is 290 g/mol. The fourth-order valence-electron chi connectivity index (χ4n) is 1.25. The van der Waals surface area contributed by atoms with Crippen molar-refractivity contribution in [3.05, 3.63) is 26.8 Å². The molecule has 0 aromatic heterocycles. The van der Waals surface area contributed by atoms with E-state index in [9.17, 15) is 4.79 Å². The van der Waals surface area contributed by atoms with Crippen LogP contribution in [0.25, 0.3) is 0 Å². The maximum absolute atomic E-state index is 11.3. The monoisotopic (exact) mass is 290 g/mol. The first-order valence-electron chi connectivity index (χ1n) is 3.92. The van der Waals surface area contributed by atoms with Crippen molar-refractivity contribution in [2.75, 3.05) is 7.11 Å². The molecule has 13 heavy (non-hydrogen) atoms. The van der Waals surface area contributed by atoms with Crippen LogP contribution in [-0.4, -0.2) is 12.9 Å². The lowest BCUT2D eigenvalue weighted by molar-refractivity contribution is 0.101. The summed E-state index contributed by atoms with van der Waals surface area (Å²) in [6.07, 6.45) is 0. The lowest BCUT2D eigenvalue weighted by Gasteiger charge is -2.10. The zero-order valence-electron chi connectivity index (χ0n) is 7.85. The third kappa shape index (κ3) is 2.02. The van der Waals surface area contributed by atoms with E-state index < -0.39 is 0 Å². The van der Waals surface area contributed by atoms with Crippen LogP contribution in [0.15, 0.2) is 12.1 Å². The molecule has 3 heteroatoms. The number of benzene rings is 1. The third-order valence-corrected chi connectivity index (χ3v) is 2.76. The Balaban J connectivity index is 3.43. The minimum absolute atomic E-state index is 0.0463. The SMILES string of the molecule is COc1c(C)ccc(I)c1C(C)=O. The van der Waals surface area contributed by atoms with E-state index in [-0.39, 0.29) is 5.78 Å². The number of ketones is 1. The molecule has 1 aromatic carbocycles. The lowest BCUT2D eigenvalue weighted by atomic mass is 10.1. The number of carbonyl (C=O) groups is 1. The van der Waals surface area contributed by atoms with Crippen LogP contribution in [0.5, 0.6) is 5.75 Å². The van der Waals surface area contributed by atoms with Crippen molar-refractivity contribution in [2.24, 2.45) is 0 Å². The first-order valence-corrected chi connectivity index (χ1v) is 4.99. The van der Waals surface area contributed by atoms with Gasteiger partial charge in [-0.25, -0.2) is 0 Å². The Morgan fingerprint density at radius 2 is 2.08 bits per heavy atom. The van der Waals surface area contributed by atoms with Crippen molar-refractivity contribution in [3.63, 3.8) is 0 Å². The number of methoxy groups -OCH3 is 1. The summed E-state index contributed by atoms with van der Waals surface area (Å²) in [5, 5.41) is 0. The number of hydrogen-bond donors (Lipinski definition) is 0. The standard InChI is InChI=1S/C10H11IO2/c1-6-4-5-8(11)9(7(2)12)10(6)13-3/h4-5H,1-3H3. The van der Waals surface area contributed by atoms with Crippen LogP contribution in [-0.2, 0) is 0 Å². The van der Waals surface area contributed by atoms with E-state index in [0.717, 1.165) is 9.13 Å². The molecule has 0 N–H and O–H groups in total. The summed E-state index contributed by atoms with van der Waals surface area (Å²) in [5.41, 5.74) is 1.68. The van der Waals surface area contributed by atoms with Gasteiger partial charge in [-0.05, 0) is 48.1 Å². The molecule has 0 saturated carbocycles. The molecule has 0 aliphatic carbocycles. The molecule has 0 aliphatic rings. The minimum atomic E-state index is 0.0463. The van der Waals surface area contributed by atoms with Gasteiger partial charge < -0.3 is 4.74 Å². The highest BCUT2D eigenvalue weighted by Gasteiger charge is 2.13. The van der Waals surface area contributed by atoms with Gasteiger partial charge in [-0.3, -0.25) is 4.79 Å². The molecule has 2 nitrogen and oxygen atoms in total. The van der Waals surface area contributed by atoms with Crippen LogP contribution in [0.4, 0.5) is 0 Å². The molecule has 0 heterocycles. The van der Waals surface area contributed by atoms with E-state index in [1.54, 1.807) is 14.0 Å². The number of rotatable bonds is 2. The van der Waals surface area contributed by atoms with Crippen LogP contribution in [0, 0.1) is 10.5 Å². The number of halogens is 1. The van der Waals surface area contributed by atoms with Gasteiger partial charge in [0, 0.05) is 3.57 Å². The molecule has 0 radical (unpaired) electrons. The molecule has 0 amide bonds. The van der Waals surface area contributed by atoms with Crippen molar-refractivity contribution in [2.45, 2.75) is 13.8 Å². The third-order valence-electron chi connectivity index (χ3n) is 1.86. The number of ether oxygens (including phenoxy) is 1. The summed E-state index contributed by atoms with van der Waals surface area (Å²) >= 11 is 2.14. The van der Waals surface area contributed by atoms with Crippen molar-refractivity contribution in [1.82, 2.24) is 0 Å². The second-order valence-electron chi connectivity index (χ2n) is 2.83. The Kier molecular flexibility index (Phi) is 3.30. The van der Waals surface area contributed by atoms with E-state index in [1.807, 2.05) is 19.1 Å². The van der Waals surface area contributed by atoms with E-state index >= 15 is 0 Å². The molecule has 0 saturated heterocycles. The lowest BCUT2D eigenvalue weighted by Crippen LogP contribution is -2.02. The number of hydrogen-bond acceptors (Lipinski definition) is 2. The van der Waals surface area contributed by atoms with Gasteiger partial charge in [0.25, 0.3) is 0 Å². The Bertz CT molecular complexity index is 345. The van der Waals surface area contributed by atoms with Gasteiger partial charge in [0.05, 0.1) is 12.7 Å². The van der Waals surface area contributed by atoms with Crippen LogP contribution < -0.4 is 4.74 Å². The molecule has 1 rings (SSSR count). The first-order chi connectivity index (χ1) is 6.07. The first kappa shape index (κ1) is 10.5. The van der Waals surface area contributed by atoms with Gasteiger partial charge >= 0.3 is 0 Å². The molecule has 70 valence electrons. The number of Topliss-reactive ketones (excluding diaryl/α,β-unsaturated/α-hetero) is 1. The van der Waals surface area contributed by atoms with Crippen molar-refractivity contribution >= 4 is 28.4 Å². The molecule has 0 spiro atoms. The van der Waals surface area contributed by atoms with E-state index in [0.29, 0.717) is 11.3 Å². The van der Waals surface area contributed by atoms with E-state index in [2.05, 4.69) is 22.6 Å². The molecule has 0 unspecified atom stereocenters. The van der Waals surface area contributed by atoms with Gasteiger partial charge in [-0.15, -0.1) is 0 Å². The highest BCUT2D eigenvalue weighted by atomic mass is 127. The molecule has 0 fully saturated rings. The molecule has 0 bridgehead atoms. The van der Waals surface area contributed by atoms with E-state index in [4.69, 9.17) is 4.74 Å². The quantitative estimate of drug-likeness (QED) is 0.618. The number of carbonyl (C=O) groups excluding carboxylic acids is 1. The summed E-state index contributed by atoms with van der Waals surface area (Å²) in [4.78, 5) is 11.3. The van der Waals surface area contributed by atoms with Gasteiger partial charge in [0.15, 0.2) is 5.78 Å². The highest BCUT2D eigenvalue weighted by molar-refractivity contribution is 14.1. The minimum Gasteiger partial charge on any atom is -0.496 e.